The molecule has 0 saturated heterocycles. The lowest BCUT2D eigenvalue weighted by molar-refractivity contribution is -0.121. The first-order chi connectivity index (χ1) is 17.6. The number of hydrogen-bond acceptors (Lipinski definition) is 7. The van der Waals surface area contributed by atoms with E-state index >= 15 is 0 Å². The molecular formula is C22H33ClN4O9P2. The minimum atomic E-state index is -5.31. The molecule has 13 nitrogen and oxygen atoms in total. The highest BCUT2D eigenvalue weighted by Gasteiger charge is 2.44. The van der Waals surface area contributed by atoms with Crippen LogP contribution in [0.3, 0.4) is 0 Å². The van der Waals surface area contributed by atoms with Gasteiger partial charge in [-0.25, -0.2) is 4.79 Å². The first kappa shape index (κ1) is 32.1. The Hall–Kier alpha value is -2.08. The molecule has 0 radical (unpaired) electrons. The zero-order chi connectivity index (χ0) is 28.7. The van der Waals surface area contributed by atoms with Crippen LogP contribution >= 0.6 is 26.8 Å². The van der Waals surface area contributed by atoms with E-state index in [1.165, 1.54) is 4.90 Å². The van der Waals surface area contributed by atoms with E-state index in [1.807, 2.05) is 25.9 Å². The molecule has 2 aromatic rings. The van der Waals surface area contributed by atoms with Gasteiger partial charge in [-0.3, -0.25) is 23.8 Å². The normalized spacial score (nSPS) is 13.1. The lowest BCUT2D eigenvalue weighted by Gasteiger charge is -2.30. The number of nitrogens with zero attached hydrogens (tertiary/aromatic N) is 3. The van der Waals surface area contributed by atoms with Crippen molar-refractivity contribution in [3.05, 3.63) is 35.5 Å². The van der Waals surface area contributed by atoms with Crippen LogP contribution in [0.4, 0.5) is 10.5 Å². The average Bonchev–Trinajstić information content (AvgIpc) is 2.78. The summed E-state index contributed by atoms with van der Waals surface area (Å²) in [6.07, 6.45) is 1.92. The summed E-state index contributed by atoms with van der Waals surface area (Å²) in [5.74, 6) is -1.01. The predicted molar refractivity (Wildman–Crippen MR) is 143 cm³/mol. The average molecular weight is 595 g/mol. The predicted octanol–water partition coefficient (Wildman–Crippen LogP) is 3.10. The number of amides is 2. The summed E-state index contributed by atoms with van der Waals surface area (Å²) in [6, 6.07) is 6.56. The number of carbonyl (C=O) groups excluding carboxylic acids is 2. The highest BCUT2D eigenvalue weighted by atomic mass is 35.5. The van der Waals surface area contributed by atoms with Gasteiger partial charge in [0.1, 0.15) is 0 Å². The summed E-state index contributed by atoms with van der Waals surface area (Å²) < 4.78 is 28.1. The minimum Gasteiger partial charge on any atom is -0.449 e. The van der Waals surface area contributed by atoms with Crippen LogP contribution in [0.2, 0.25) is 5.02 Å². The number of benzene rings is 1. The van der Waals surface area contributed by atoms with E-state index in [0.29, 0.717) is 28.0 Å². The number of halogens is 1. The molecule has 5 N–H and O–H groups in total. The smallest absolute Gasteiger partial charge is 0.414 e. The maximum Gasteiger partial charge on any atom is 0.414 e. The van der Waals surface area contributed by atoms with Gasteiger partial charge in [0, 0.05) is 29.1 Å². The van der Waals surface area contributed by atoms with Gasteiger partial charge in [-0.1, -0.05) is 11.6 Å². The molecule has 0 aliphatic carbocycles. The lowest BCUT2D eigenvalue weighted by atomic mass is 10.1. The van der Waals surface area contributed by atoms with E-state index in [2.05, 4.69) is 4.98 Å². The standard InChI is InChI=1S/C22H33ClN4O9P2/c1-15(6-4-12-26(2)3)27(19-10-11-24-18-14-16(23)8-9-17(18)19)22(29)36-13-5-7-20(28)25-21(37(30,31)32)38(33,34)35/h8-11,14-15,21H,4-7,12-13H2,1-3H3,(H,25,28)(H2,30,31,32)(H2,33,34,35). The Kier molecular flexibility index (Phi) is 11.7. The molecule has 2 amide bonds. The van der Waals surface area contributed by atoms with E-state index in [-0.39, 0.29) is 19.1 Å². The summed E-state index contributed by atoms with van der Waals surface area (Å²) >= 11 is 6.10. The van der Waals surface area contributed by atoms with Gasteiger partial charge in [-0.2, -0.15) is 0 Å². The quantitative estimate of drug-likeness (QED) is 0.169. The molecule has 16 heteroatoms. The van der Waals surface area contributed by atoms with Gasteiger partial charge in [0.25, 0.3) is 0 Å². The Morgan fingerprint density at radius 3 is 2.37 bits per heavy atom. The number of carbonyl (C=O) groups is 2. The van der Waals surface area contributed by atoms with Crippen molar-refractivity contribution >= 4 is 55.4 Å². The fraction of sp³-hybridized carbons (Fsp3) is 0.500. The molecule has 0 saturated carbocycles. The Morgan fingerprint density at radius 1 is 1.11 bits per heavy atom. The first-order valence-corrected chi connectivity index (χ1v) is 15.4. The maximum atomic E-state index is 13.2. The van der Waals surface area contributed by atoms with Crippen molar-refractivity contribution in [2.75, 3.05) is 32.1 Å². The molecular weight excluding hydrogens is 562 g/mol. The number of nitrogens with one attached hydrogen (secondary N) is 1. The number of ether oxygens (including phenoxy) is 1. The molecule has 1 heterocycles. The van der Waals surface area contributed by atoms with Crippen molar-refractivity contribution in [3.8, 4) is 0 Å². The minimum absolute atomic E-state index is 0.0534. The molecule has 0 bridgehead atoms. The Balaban J connectivity index is 2.12. The Bertz CT molecular complexity index is 1200. The van der Waals surface area contributed by atoms with Crippen molar-refractivity contribution in [1.29, 1.82) is 0 Å². The van der Waals surface area contributed by atoms with E-state index < -0.39 is 39.1 Å². The number of hydrogen-bond donors (Lipinski definition) is 5. The van der Waals surface area contributed by atoms with Crippen molar-refractivity contribution in [1.82, 2.24) is 15.2 Å². The van der Waals surface area contributed by atoms with Crippen molar-refractivity contribution < 1.29 is 43.0 Å². The molecule has 1 aromatic heterocycles. The molecule has 38 heavy (non-hydrogen) atoms. The van der Waals surface area contributed by atoms with Gasteiger partial charge in [0.15, 0.2) is 0 Å². The van der Waals surface area contributed by atoms with Gasteiger partial charge < -0.3 is 34.5 Å². The van der Waals surface area contributed by atoms with E-state index in [4.69, 9.17) is 35.9 Å². The number of anilines is 1. The monoisotopic (exact) mass is 594 g/mol. The fourth-order valence-corrected chi connectivity index (χ4v) is 6.06. The molecule has 2 rings (SSSR count). The van der Waals surface area contributed by atoms with Crippen LogP contribution in [-0.2, 0) is 18.7 Å². The maximum absolute atomic E-state index is 13.2. The van der Waals surface area contributed by atoms with Crippen molar-refractivity contribution in [2.45, 2.75) is 44.2 Å². The molecule has 0 spiro atoms. The van der Waals surface area contributed by atoms with Gasteiger partial charge in [0.05, 0.1) is 17.8 Å². The largest absolute Gasteiger partial charge is 0.449 e. The van der Waals surface area contributed by atoms with E-state index in [1.54, 1.807) is 35.8 Å². The summed E-state index contributed by atoms with van der Waals surface area (Å²) in [6.45, 7) is 2.48. The lowest BCUT2D eigenvalue weighted by Crippen LogP contribution is -2.40. The third kappa shape index (κ3) is 9.59. The summed E-state index contributed by atoms with van der Waals surface area (Å²) in [7, 11) is -6.71. The molecule has 1 aromatic carbocycles. The van der Waals surface area contributed by atoms with Crippen LogP contribution in [0, 0.1) is 0 Å². The topological polar surface area (TPSA) is 190 Å². The first-order valence-electron chi connectivity index (χ1n) is 11.7. The van der Waals surface area contributed by atoms with Crippen LogP contribution in [-0.4, -0.2) is 80.3 Å². The van der Waals surface area contributed by atoms with Gasteiger partial charge in [-0.05, 0) is 71.1 Å². The van der Waals surface area contributed by atoms with Gasteiger partial charge in [0.2, 0.25) is 11.4 Å². The Labute approximate surface area is 225 Å². The second-order valence-corrected chi connectivity index (χ2v) is 13.2. The number of aromatic nitrogens is 1. The molecule has 0 aliphatic rings. The molecule has 0 fully saturated rings. The number of pyridine rings is 1. The van der Waals surface area contributed by atoms with E-state index in [0.717, 1.165) is 13.0 Å². The van der Waals surface area contributed by atoms with Gasteiger partial charge >= 0.3 is 21.3 Å². The van der Waals surface area contributed by atoms with Crippen LogP contribution in [0.15, 0.2) is 30.5 Å². The summed E-state index contributed by atoms with van der Waals surface area (Å²) in [5, 5.41) is 2.85. The second kappa shape index (κ2) is 13.8. The number of rotatable bonds is 13. The zero-order valence-corrected chi connectivity index (χ0v) is 23.8. The highest BCUT2D eigenvalue weighted by molar-refractivity contribution is 7.70. The summed E-state index contributed by atoms with van der Waals surface area (Å²) in [5.41, 5.74) is -1.48. The molecule has 0 aliphatic heterocycles. The van der Waals surface area contributed by atoms with Crippen LogP contribution in [0.5, 0.6) is 0 Å². The third-order valence-corrected chi connectivity index (χ3v) is 9.08. The van der Waals surface area contributed by atoms with Crippen molar-refractivity contribution in [3.63, 3.8) is 0 Å². The SMILES string of the molecule is CC(CCCN(C)C)N(C(=O)OCCCC(=O)NC(P(=O)(O)O)P(=O)(O)O)c1ccnc2cc(Cl)ccc12. The molecule has 212 valence electrons. The molecule has 1 unspecified atom stereocenters. The van der Waals surface area contributed by atoms with Gasteiger partial charge in [-0.15, -0.1) is 0 Å². The van der Waals surface area contributed by atoms with E-state index in [9.17, 15) is 18.7 Å². The second-order valence-electron chi connectivity index (χ2n) is 8.99. The highest BCUT2D eigenvalue weighted by Crippen LogP contribution is 2.58. The molecule has 1 atom stereocenters. The fourth-order valence-electron chi connectivity index (χ4n) is 3.71. The van der Waals surface area contributed by atoms with Crippen LogP contribution in [0.1, 0.15) is 32.6 Å². The van der Waals surface area contributed by atoms with Crippen molar-refractivity contribution in [2.24, 2.45) is 0 Å². The zero-order valence-electron chi connectivity index (χ0n) is 21.2. The van der Waals surface area contributed by atoms with Crippen LogP contribution in [0.25, 0.3) is 10.9 Å². The number of fused-ring (bicyclic) bond motifs is 1. The van der Waals surface area contributed by atoms with Crippen LogP contribution < -0.4 is 10.2 Å². The summed E-state index contributed by atoms with van der Waals surface area (Å²) in [4.78, 5) is 69.6. The Morgan fingerprint density at radius 2 is 1.76 bits per heavy atom. The third-order valence-electron chi connectivity index (χ3n) is 5.51.